The summed E-state index contributed by atoms with van der Waals surface area (Å²) in [5, 5.41) is 22.0. The van der Waals surface area contributed by atoms with Crippen molar-refractivity contribution in [2.24, 2.45) is 35.3 Å². The fourth-order valence-corrected chi connectivity index (χ4v) is 4.86. The number of likely N-dealkylation sites (N-methyl/N-ethyl adjacent to an activating group) is 1. The molecule has 0 bridgehead atoms. The van der Waals surface area contributed by atoms with Crippen molar-refractivity contribution in [3.63, 3.8) is 0 Å². The molecule has 0 saturated heterocycles. The molecule has 7 heteroatoms. The molecule has 1 rings (SSSR count). The van der Waals surface area contributed by atoms with Gasteiger partial charge in [-0.15, -0.1) is 0 Å². The van der Waals surface area contributed by atoms with Crippen LogP contribution in [0.2, 0.25) is 0 Å². The molecule has 216 valence electrons. The molecule has 0 aliphatic heterocycles. The van der Waals surface area contributed by atoms with E-state index in [0.29, 0.717) is 6.42 Å². The Hall–Kier alpha value is -3.16. The number of carbonyl (C=O) groups is 2. The van der Waals surface area contributed by atoms with Crippen molar-refractivity contribution in [1.29, 1.82) is 0 Å². The van der Waals surface area contributed by atoms with Crippen molar-refractivity contribution in [3.8, 4) is 0 Å². The summed E-state index contributed by atoms with van der Waals surface area (Å²) >= 11 is 0. The minimum absolute atomic E-state index is 0.126. The van der Waals surface area contributed by atoms with E-state index in [1.165, 1.54) is 6.08 Å². The maximum absolute atomic E-state index is 12.5. The number of para-hydroxylation sites is 1. The number of ether oxygens (including phenoxy) is 1. The fourth-order valence-electron chi connectivity index (χ4n) is 4.86. The number of aliphatic hydroxyl groups is 2. The highest BCUT2D eigenvalue weighted by atomic mass is 16.6. The van der Waals surface area contributed by atoms with Gasteiger partial charge in [-0.2, -0.15) is 0 Å². The summed E-state index contributed by atoms with van der Waals surface area (Å²) in [6, 6.07) is 9.38. The highest BCUT2D eigenvalue weighted by Gasteiger charge is 2.33. The quantitative estimate of drug-likeness (QED) is 0.151. The molecule has 3 unspecified atom stereocenters. The molecule has 0 fully saturated rings. The lowest BCUT2D eigenvalue weighted by Crippen LogP contribution is -2.41. The number of primary amides is 1. The molecular weight excluding hydrogens is 492 g/mol. The maximum atomic E-state index is 12.5. The lowest BCUT2D eigenvalue weighted by molar-refractivity contribution is -0.113. The van der Waals surface area contributed by atoms with E-state index in [9.17, 15) is 19.8 Å². The third kappa shape index (κ3) is 11.2. The van der Waals surface area contributed by atoms with E-state index in [0.717, 1.165) is 11.3 Å². The number of aliphatic hydroxyl groups excluding tert-OH is 2. The van der Waals surface area contributed by atoms with E-state index < -0.39 is 24.4 Å². The summed E-state index contributed by atoms with van der Waals surface area (Å²) in [4.78, 5) is 25.6. The number of nitrogens with two attached hydrogens (primary N) is 1. The summed E-state index contributed by atoms with van der Waals surface area (Å²) in [6.07, 6.45) is 8.25. The van der Waals surface area contributed by atoms with Crippen LogP contribution in [-0.4, -0.2) is 47.6 Å². The minimum Gasteiger partial charge on any atom is -0.445 e. The number of anilines is 1. The number of benzene rings is 1. The zero-order valence-corrected chi connectivity index (χ0v) is 24.5. The van der Waals surface area contributed by atoms with Gasteiger partial charge < -0.3 is 25.6 Å². The number of hydrogen-bond donors (Lipinski definition) is 3. The molecule has 2 amide bonds. The second-order valence-electron chi connectivity index (χ2n) is 10.7. The minimum atomic E-state index is -0.874. The normalized spacial score (nSPS) is 18.5. The van der Waals surface area contributed by atoms with E-state index >= 15 is 0 Å². The topological polar surface area (TPSA) is 113 Å². The largest absolute Gasteiger partial charge is 0.445 e. The van der Waals surface area contributed by atoms with Gasteiger partial charge in [0.15, 0.2) is 0 Å². The Balaban J connectivity index is 2.80. The van der Waals surface area contributed by atoms with Gasteiger partial charge in [0.25, 0.3) is 0 Å². The maximum Gasteiger partial charge on any atom is 0.404 e. The first kappa shape index (κ1) is 33.9. The number of allylic oxidation sites excluding steroid dienone is 3. The fraction of sp³-hybridized carbons (Fsp3) is 0.500. The predicted molar refractivity (Wildman–Crippen MR) is 159 cm³/mol. The van der Waals surface area contributed by atoms with E-state index in [1.54, 1.807) is 30.2 Å². The van der Waals surface area contributed by atoms with Gasteiger partial charge in [-0.1, -0.05) is 95.3 Å². The van der Waals surface area contributed by atoms with Crippen LogP contribution in [0.5, 0.6) is 0 Å². The molecule has 0 saturated carbocycles. The summed E-state index contributed by atoms with van der Waals surface area (Å²) in [5.74, 6) is -1.21. The van der Waals surface area contributed by atoms with Gasteiger partial charge in [0.2, 0.25) is 5.91 Å². The van der Waals surface area contributed by atoms with Crippen LogP contribution in [0.15, 0.2) is 78.9 Å². The molecule has 7 nitrogen and oxygen atoms in total. The predicted octanol–water partition coefficient (Wildman–Crippen LogP) is 5.65. The highest BCUT2D eigenvalue weighted by molar-refractivity contribution is 6.00. The van der Waals surface area contributed by atoms with Crippen molar-refractivity contribution in [1.82, 2.24) is 0 Å². The third-order valence-corrected chi connectivity index (χ3v) is 7.25. The number of amides is 2. The lowest BCUT2D eigenvalue weighted by Gasteiger charge is -2.33. The average molecular weight is 541 g/mol. The van der Waals surface area contributed by atoms with Crippen LogP contribution in [0.25, 0.3) is 0 Å². The zero-order chi connectivity index (χ0) is 29.7. The average Bonchev–Trinajstić information content (AvgIpc) is 2.91. The summed E-state index contributed by atoms with van der Waals surface area (Å²) in [6.45, 7) is 15.2. The molecule has 0 aliphatic rings. The van der Waals surface area contributed by atoms with Crippen molar-refractivity contribution >= 4 is 17.7 Å². The highest BCUT2D eigenvalue weighted by Crippen LogP contribution is 2.29. The number of nitrogens with zero attached hydrogens (tertiary/aromatic N) is 1. The first-order valence-electron chi connectivity index (χ1n) is 13.6. The van der Waals surface area contributed by atoms with E-state index in [-0.39, 0.29) is 35.5 Å². The van der Waals surface area contributed by atoms with Crippen LogP contribution in [0.1, 0.15) is 48.0 Å². The van der Waals surface area contributed by atoms with Crippen molar-refractivity contribution in [2.75, 3.05) is 11.9 Å². The Morgan fingerprint density at radius 3 is 2.18 bits per heavy atom. The molecule has 0 aliphatic carbocycles. The summed E-state index contributed by atoms with van der Waals surface area (Å²) < 4.78 is 5.36. The number of hydrogen-bond acceptors (Lipinski definition) is 5. The van der Waals surface area contributed by atoms with Gasteiger partial charge in [0.05, 0.1) is 12.2 Å². The summed E-state index contributed by atoms with van der Waals surface area (Å²) in [7, 11) is 1.72. The lowest BCUT2D eigenvalue weighted by atomic mass is 9.81. The second kappa shape index (κ2) is 16.7. The van der Waals surface area contributed by atoms with Gasteiger partial charge in [-0.05, 0) is 37.5 Å². The first-order chi connectivity index (χ1) is 18.3. The monoisotopic (exact) mass is 540 g/mol. The number of rotatable bonds is 15. The van der Waals surface area contributed by atoms with Gasteiger partial charge in [-0.3, -0.25) is 4.79 Å². The molecule has 39 heavy (non-hydrogen) atoms. The second-order valence-corrected chi connectivity index (χ2v) is 10.7. The van der Waals surface area contributed by atoms with Gasteiger partial charge in [0.1, 0.15) is 6.10 Å². The van der Waals surface area contributed by atoms with E-state index in [1.807, 2.05) is 84.0 Å². The Morgan fingerprint density at radius 1 is 1.00 bits per heavy atom. The van der Waals surface area contributed by atoms with Crippen molar-refractivity contribution in [3.05, 3.63) is 78.9 Å². The van der Waals surface area contributed by atoms with Crippen molar-refractivity contribution < 1.29 is 24.5 Å². The Labute approximate surface area is 234 Å². The molecule has 1 aromatic carbocycles. The Kier molecular flexibility index (Phi) is 14.5. The zero-order valence-electron chi connectivity index (χ0n) is 24.5. The van der Waals surface area contributed by atoms with E-state index in [4.69, 9.17) is 10.5 Å². The molecular formula is C32H48N2O5. The first-order valence-corrected chi connectivity index (χ1v) is 13.6. The van der Waals surface area contributed by atoms with Crippen LogP contribution in [0.3, 0.4) is 0 Å². The molecule has 0 aromatic heterocycles. The smallest absolute Gasteiger partial charge is 0.404 e. The summed E-state index contributed by atoms with van der Waals surface area (Å²) in [5.41, 5.74) is 7.13. The SMILES string of the molecule is C=CC=C[C@H](C)[C@H](OC(N)=O)[C@@H](C)[C@H](O)[C@@H](C)CC(C)=CC(C)C(O)C(C)C=CC(=O)N(C)c1ccccc1. The third-order valence-electron chi connectivity index (χ3n) is 7.25. The van der Waals surface area contributed by atoms with Crippen LogP contribution >= 0.6 is 0 Å². The van der Waals surface area contributed by atoms with Gasteiger partial charge in [0, 0.05) is 36.4 Å². The molecule has 1 aromatic rings. The standard InChI is InChI=1S/C32H48N2O5/c1-9-10-14-23(4)31(39-32(33)38)26(7)30(37)25(6)20-21(2)19-24(5)29(36)22(3)17-18-28(35)34(8)27-15-12-11-13-16-27/h9-19,22-26,29-31,36-37H,1,20H2,2-8H3,(H2,33,38)/t22?,23-,24?,25-,26-,29?,30+,31-/m0/s1. The van der Waals surface area contributed by atoms with Crippen LogP contribution in [0.4, 0.5) is 10.5 Å². The van der Waals surface area contributed by atoms with Gasteiger partial charge in [-0.25, -0.2) is 4.79 Å². The molecule has 8 atom stereocenters. The molecule has 0 heterocycles. The van der Waals surface area contributed by atoms with E-state index in [2.05, 4.69) is 6.58 Å². The van der Waals surface area contributed by atoms with Crippen LogP contribution < -0.4 is 10.6 Å². The van der Waals surface area contributed by atoms with Gasteiger partial charge >= 0.3 is 6.09 Å². The molecule has 4 N–H and O–H groups in total. The van der Waals surface area contributed by atoms with Crippen molar-refractivity contribution in [2.45, 2.75) is 66.3 Å². The Bertz CT molecular complexity index is 1000. The van der Waals surface area contributed by atoms with Crippen LogP contribution in [0, 0.1) is 29.6 Å². The number of carbonyl (C=O) groups excluding carboxylic acids is 2. The van der Waals surface area contributed by atoms with Crippen LogP contribution in [-0.2, 0) is 9.53 Å². The molecule has 0 spiro atoms. The Morgan fingerprint density at radius 2 is 1.62 bits per heavy atom. The molecule has 0 radical (unpaired) electrons.